The Bertz CT molecular complexity index is 502. The summed E-state index contributed by atoms with van der Waals surface area (Å²) in [6.07, 6.45) is 1.52. The van der Waals surface area contributed by atoms with Crippen molar-refractivity contribution in [2.75, 3.05) is 0 Å². The summed E-state index contributed by atoms with van der Waals surface area (Å²) in [7, 11) is 0. The van der Waals surface area contributed by atoms with Gasteiger partial charge in [-0.2, -0.15) is 0 Å². The Kier molecular flexibility index (Phi) is 3.56. The number of hydrogen-bond donors (Lipinski definition) is 0. The average Bonchev–Trinajstić information content (AvgIpc) is 2.25. The molecule has 2 rings (SSSR count). The second-order valence-electron chi connectivity index (χ2n) is 3.00. The molecule has 1 nitrogen and oxygen atoms in total. The van der Waals surface area contributed by atoms with Crippen LogP contribution in [-0.2, 0) is 0 Å². The largest absolute Gasteiger partial charge is 0.245 e. The first-order valence-electron chi connectivity index (χ1n) is 4.39. The Hall–Kier alpha value is -0.940. The van der Waals surface area contributed by atoms with Crippen LogP contribution in [0.25, 0.3) is 0 Å². The van der Waals surface area contributed by atoms with E-state index in [9.17, 15) is 8.78 Å². The number of halogens is 3. The molecule has 0 bridgehead atoms. The summed E-state index contributed by atoms with van der Waals surface area (Å²) in [6.45, 7) is 0. The highest BCUT2D eigenvalue weighted by Gasteiger charge is 2.06. The van der Waals surface area contributed by atoms with E-state index in [1.165, 1.54) is 24.4 Å². The minimum Gasteiger partial charge on any atom is -0.245 e. The van der Waals surface area contributed by atoms with E-state index in [2.05, 4.69) is 20.9 Å². The quantitative estimate of drug-likeness (QED) is 0.821. The fourth-order valence-corrected chi connectivity index (χ4v) is 2.15. The number of aromatic nitrogens is 1. The van der Waals surface area contributed by atoms with Crippen molar-refractivity contribution in [2.45, 2.75) is 9.92 Å². The van der Waals surface area contributed by atoms with Crippen molar-refractivity contribution in [3.05, 3.63) is 52.6 Å². The number of benzene rings is 1. The maximum atomic E-state index is 13.4. The Balaban J connectivity index is 2.23. The van der Waals surface area contributed by atoms with Crippen LogP contribution >= 0.6 is 27.7 Å². The molecular weight excluding hydrogens is 296 g/mol. The summed E-state index contributed by atoms with van der Waals surface area (Å²) < 4.78 is 26.7. The fraction of sp³-hybridized carbons (Fsp3) is 0. The Labute approximate surface area is 104 Å². The summed E-state index contributed by atoms with van der Waals surface area (Å²) in [6, 6.07) is 7.18. The molecule has 0 spiro atoms. The number of rotatable bonds is 2. The van der Waals surface area contributed by atoms with Gasteiger partial charge in [-0.1, -0.05) is 11.8 Å². The summed E-state index contributed by atoms with van der Waals surface area (Å²) >= 11 is 4.29. The van der Waals surface area contributed by atoms with Crippen LogP contribution in [0.4, 0.5) is 8.78 Å². The minimum atomic E-state index is -0.399. The predicted molar refractivity (Wildman–Crippen MR) is 62.4 cm³/mol. The van der Waals surface area contributed by atoms with Crippen molar-refractivity contribution >= 4 is 27.7 Å². The number of hydrogen-bond acceptors (Lipinski definition) is 2. The third-order valence-corrected chi connectivity index (χ3v) is 3.24. The van der Waals surface area contributed by atoms with Crippen LogP contribution in [0, 0.1) is 11.6 Å². The average molecular weight is 302 g/mol. The molecule has 1 heterocycles. The predicted octanol–water partition coefficient (Wildman–Crippen LogP) is 4.27. The van der Waals surface area contributed by atoms with Crippen LogP contribution in [0.1, 0.15) is 0 Å². The van der Waals surface area contributed by atoms with Crippen molar-refractivity contribution in [1.29, 1.82) is 0 Å². The lowest BCUT2D eigenvalue weighted by atomic mass is 10.4. The lowest BCUT2D eigenvalue weighted by Crippen LogP contribution is -1.86. The Morgan fingerprint density at radius 1 is 1.12 bits per heavy atom. The van der Waals surface area contributed by atoms with E-state index >= 15 is 0 Å². The van der Waals surface area contributed by atoms with E-state index < -0.39 is 5.82 Å². The van der Waals surface area contributed by atoms with Crippen LogP contribution in [-0.4, -0.2) is 4.98 Å². The Morgan fingerprint density at radius 3 is 2.44 bits per heavy atom. The summed E-state index contributed by atoms with van der Waals surface area (Å²) in [5.74, 6) is -0.711. The minimum absolute atomic E-state index is 0.273. The highest BCUT2D eigenvalue weighted by atomic mass is 79.9. The molecular formula is C11H6BrF2NS. The molecule has 0 aliphatic carbocycles. The van der Waals surface area contributed by atoms with Gasteiger partial charge in [-0.3, -0.25) is 0 Å². The second-order valence-corrected chi connectivity index (χ2v) is 4.97. The molecule has 0 amide bonds. The van der Waals surface area contributed by atoms with Gasteiger partial charge in [0.2, 0.25) is 0 Å². The van der Waals surface area contributed by atoms with Crippen molar-refractivity contribution < 1.29 is 8.78 Å². The standard InChI is InChI=1S/C11H6BrF2NS/c12-7-5-10(14)11(15-6-7)16-9-3-1-8(13)2-4-9/h1-6H. The maximum Gasteiger partial charge on any atom is 0.156 e. The molecule has 0 fully saturated rings. The van der Waals surface area contributed by atoms with E-state index in [0.29, 0.717) is 4.47 Å². The van der Waals surface area contributed by atoms with Crippen molar-refractivity contribution in [3.8, 4) is 0 Å². The summed E-state index contributed by atoms with van der Waals surface area (Å²) in [5, 5.41) is 0.273. The lowest BCUT2D eigenvalue weighted by Gasteiger charge is -2.02. The second kappa shape index (κ2) is 4.93. The first kappa shape index (κ1) is 11.5. The molecule has 0 unspecified atom stereocenters. The normalized spacial score (nSPS) is 10.4. The number of pyridine rings is 1. The Morgan fingerprint density at radius 2 is 1.81 bits per heavy atom. The molecule has 0 aliphatic rings. The molecule has 0 N–H and O–H groups in total. The van der Waals surface area contributed by atoms with Gasteiger partial charge in [0, 0.05) is 15.6 Å². The van der Waals surface area contributed by atoms with Crippen LogP contribution in [0.2, 0.25) is 0 Å². The third-order valence-electron chi connectivity index (χ3n) is 1.80. The first-order chi connectivity index (χ1) is 7.65. The SMILES string of the molecule is Fc1ccc(Sc2ncc(Br)cc2F)cc1. The highest BCUT2D eigenvalue weighted by molar-refractivity contribution is 9.10. The van der Waals surface area contributed by atoms with Crippen LogP contribution in [0.5, 0.6) is 0 Å². The van der Waals surface area contributed by atoms with Gasteiger partial charge >= 0.3 is 0 Å². The van der Waals surface area contributed by atoms with E-state index in [-0.39, 0.29) is 10.8 Å². The van der Waals surface area contributed by atoms with E-state index in [0.717, 1.165) is 16.7 Å². The van der Waals surface area contributed by atoms with Crippen LogP contribution in [0.3, 0.4) is 0 Å². The molecule has 1 aromatic carbocycles. The summed E-state index contributed by atoms with van der Waals surface area (Å²) in [5.41, 5.74) is 0. The summed E-state index contributed by atoms with van der Waals surface area (Å²) in [4.78, 5) is 4.69. The molecule has 2 aromatic rings. The van der Waals surface area contributed by atoms with Crippen LogP contribution in [0.15, 0.2) is 50.9 Å². The van der Waals surface area contributed by atoms with Gasteiger partial charge in [0.15, 0.2) is 5.82 Å². The zero-order chi connectivity index (χ0) is 11.5. The molecule has 0 atom stereocenters. The smallest absolute Gasteiger partial charge is 0.156 e. The number of nitrogens with zero attached hydrogens (tertiary/aromatic N) is 1. The fourth-order valence-electron chi connectivity index (χ4n) is 1.09. The molecule has 1 aromatic heterocycles. The zero-order valence-electron chi connectivity index (χ0n) is 7.95. The van der Waals surface area contributed by atoms with Crippen molar-refractivity contribution in [2.24, 2.45) is 0 Å². The molecule has 0 saturated carbocycles. The van der Waals surface area contributed by atoms with E-state index in [4.69, 9.17) is 0 Å². The lowest BCUT2D eigenvalue weighted by molar-refractivity contribution is 0.586. The third kappa shape index (κ3) is 2.80. The zero-order valence-corrected chi connectivity index (χ0v) is 10.4. The molecule has 82 valence electrons. The highest BCUT2D eigenvalue weighted by Crippen LogP contribution is 2.29. The van der Waals surface area contributed by atoms with Gasteiger partial charge in [-0.25, -0.2) is 13.8 Å². The van der Waals surface area contributed by atoms with Gasteiger partial charge in [0.25, 0.3) is 0 Å². The van der Waals surface area contributed by atoms with Gasteiger partial charge < -0.3 is 0 Å². The molecule has 16 heavy (non-hydrogen) atoms. The maximum absolute atomic E-state index is 13.4. The van der Waals surface area contributed by atoms with Gasteiger partial charge in [-0.05, 0) is 46.3 Å². The van der Waals surface area contributed by atoms with Crippen molar-refractivity contribution in [3.63, 3.8) is 0 Å². The monoisotopic (exact) mass is 301 g/mol. The van der Waals surface area contributed by atoms with Crippen molar-refractivity contribution in [1.82, 2.24) is 4.98 Å². The molecule has 0 saturated heterocycles. The van der Waals surface area contributed by atoms with E-state index in [1.807, 2.05) is 0 Å². The topological polar surface area (TPSA) is 12.9 Å². The van der Waals surface area contributed by atoms with Gasteiger partial charge in [0.05, 0.1) is 0 Å². The van der Waals surface area contributed by atoms with E-state index in [1.54, 1.807) is 12.1 Å². The molecule has 5 heteroatoms. The van der Waals surface area contributed by atoms with Crippen LogP contribution < -0.4 is 0 Å². The van der Waals surface area contributed by atoms with Gasteiger partial charge in [-0.15, -0.1) is 0 Å². The molecule has 0 radical (unpaired) electrons. The van der Waals surface area contributed by atoms with Gasteiger partial charge in [0.1, 0.15) is 10.8 Å². The first-order valence-corrected chi connectivity index (χ1v) is 6.00. The molecule has 0 aliphatic heterocycles.